The maximum absolute atomic E-state index is 10.6. The molecule has 0 fully saturated rings. The smallest absolute Gasteiger partial charge is 1.00 e. The Balaban J connectivity index is -0.000000602. The van der Waals surface area contributed by atoms with Gasteiger partial charge < -0.3 is 7.59 Å². The van der Waals surface area contributed by atoms with Crippen molar-refractivity contribution in [1.29, 1.82) is 0 Å². The van der Waals surface area contributed by atoms with Crippen LogP contribution in [0.25, 0.3) is 0 Å². The van der Waals surface area contributed by atoms with E-state index >= 15 is 0 Å². The molecule has 2 nitrogen and oxygen atoms in total. The summed E-state index contributed by atoms with van der Waals surface area (Å²) in [6, 6.07) is 0. The number of ether oxygens (including phenoxy) is 1. The molecular weight excluding hydrogens is 288 g/mol. The molecular formula is C18H38CaO2. The third kappa shape index (κ3) is 23.1. The predicted molar refractivity (Wildman–Crippen MR) is 94.9 cm³/mol. The second-order valence-electron chi connectivity index (χ2n) is 5.94. The summed E-state index contributed by atoms with van der Waals surface area (Å²) in [5, 5.41) is 0. The molecule has 0 saturated heterocycles. The Labute approximate surface area is 165 Å². The van der Waals surface area contributed by atoms with Gasteiger partial charge in [-0.2, -0.15) is 0 Å². The van der Waals surface area contributed by atoms with Crippen LogP contribution in [-0.4, -0.2) is 50.3 Å². The van der Waals surface area contributed by atoms with Crippen molar-refractivity contribution in [2.24, 2.45) is 0 Å². The Morgan fingerprint density at radius 3 is 1.38 bits per heavy atom. The Bertz CT molecular complexity index is 217. The molecule has 0 N–H and O–H groups in total. The Kier molecular flexibility index (Phi) is 23.7. The third-order valence-corrected chi connectivity index (χ3v) is 3.80. The minimum atomic E-state index is -0.153. The fraction of sp³-hybridized carbons (Fsp3) is 0.944. The number of unbranched alkanes of at least 4 members (excludes halogenated alkanes) is 13. The fourth-order valence-electron chi connectivity index (χ4n) is 2.51. The molecule has 0 bridgehead atoms. The molecule has 0 aliphatic rings. The molecule has 0 aromatic heterocycles. The van der Waals surface area contributed by atoms with E-state index in [0.29, 0.717) is 6.61 Å². The molecule has 0 unspecified atom stereocenters. The third-order valence-electron chi connectivity index (χ3n) is 3.80. The monoisotopic (exact) mass is 326 g/mol. The molecule has 0 atom stereocenters. The van der Waals surface area contributed by atoms with Gasteiger partial charge in [-0.3, -0.25) is 4.79 Å². The summed E-state index contributed by atoms with van der Waals surface area (Å²) < 4.78 is 4.91. The number of hydrogen-bond acceptors (Lipinski definition) is 2. The number of esters is 1. The predicted octanol–water partition coefficient (Wildman–Crippen LogP) is 5.88. The number of rotatable bonds is 15. The first-order valence-electron chi connectivity index (χ1n) is 8.90. The van der Waals surface area contributed by atoms with Gasteiger partial charge in [-0.25, -0.2) is 0 Å². The average molecular weight is 327 g/mol. The quantitative estimate of drug-likeness (QED) is 0.213. The molecule has 0 amide bonds. The van der Waals surface area contributed by atoms with E-state index < -0.39 is 0 Å². The molecule has 0 radical (unpaired) electrons. The van der Waals surface area contributed by atoms with Crippen LogP contribution in [0.15, 0.2) is 0 Å². The molecule has 0 saturated carbocycles. The van der Waals surface area contributed by atoms with Crippen molar-refractivity contribution in [3.05, 3.63) is 0 Å². The van der Waals surface area contributed by atoms with Crippen LogP contribution in [0.4, 0.5) is 0 Å². The van der Waals surface area contributed by atoms with Crippen LogP contribution < -0.4 is 0 Å². The van der Waals surface area contributed by atoms with E-state index in [1.807, 2.05) is 0 Å². The van der Waals surface area contributed by atoms with Crippen LogP contribution >= 0.6 is 0 Å². The summed E-state index contributed by atoms with van der Waals surface area (Å²) in [5.74, 6) is -0.153. The van der Waals surface area contributed by atoms with Crippen molar-refractivity contribution in [2.45, 2.75) is 104 Å². The topological polar surface area (TPSA) is 26.3 Å². The largest absolute Gasteiger partial charge is 2.00 e. The molecule has 0 heterocycles. The normalized spacial score (nSPS) is 10.2. The zero-order valence-electron chi connectivity index (χ0n) is 16.6. The number of carbonyl (C=O) groups is 1. The maximum Gasteiger partial charge on any atom is 2.00 e. The first-order valence-corrected chi connectivity index (χ1v) is 8.90. The summed E-state index contributed by atoms with van der Waals surface area (Å²) >= 11 is 0. The molecule has 21 heavy (non-hydrogen) atoms. The van der Waals surface area contributed by atoms with Crippen LogP contribution in [0.5, 0.6) is 0 Å². The van der Waals surface area contributed by atoms with Crippen LogP contribution in [0.2, 0.25) is 0 Å². The summed E-state index contributed by atoms with van der Waals surface area (Å²) in [4.78, 5) is 10.6. The van der Waals surface area contributed by atoms with Crippen molar-refractivity contribution in [2.75, 3.05) is 6.61 Å². The number of hydrogen-bond donors (Lipinski definition) is 0. The SMILES string of the molecule is CCCCCCCCCCCCCCCCOC(C)=O.[Ca+2].[H-].[H-]. The van der Waals surface area contributed by atoms with E-state index in [2.05, 4.69) is 6.92 Å². The zero-order chi connectivity index (χ0) is 14.9. The second-order valence-corrected chi connectivity index (χ2v) is 5.94. The summed E-state index contributed by atoms with van der Waals surface area (Å²) in [7, 11) is 0. The van der Waals surface area contributed by atoms with Crippen molar-refractivity contribution in [1.82, 2.24) is 0 Å². The molecule has 0 spiro atoms. The van der Waals surface area contributed by atoms with Crippen molar-refractivity contribution >= 4 is 43.7 Å². The van der Waals surface area contributed by atoms with Gasteiger partial charge in [0.25, 0.3) is 0 Å². The van der Waals surface area contributed by atoms with Gasteiger partial charge in [-0.05, 0) is 6.42 Å². The molecule has 0 aliphatic heterocycles. The Morgan fingerprint density at radius 1 is 0.714 bits per heavy atom. The van der Waals surface area contributed by atoms with E-state index in [4.69, 9.17) is 4.74 Å². The summed E-state index contributed by atoms with van der Waals surface area (Å²) in [6.07, 6.45) is 19.0. The Morgan fingerprint density at radius 2 is 1.05 bits per heavy atom. The van der Waals surface area contributed by atoms with Crippen LogP contribution in [0, 0.1) is 0 Å². The first-order chi connectivity index (χ1) is 9.77. The standard InChI is InChI=1S/C18H36O2.Ca.2H/c1-3-4-5-6-7-8-9-10-11-12-13-14-15-16-17-20-18(2)19;;;/h3-17H2,1-2H3;;;/q;+2;2*-1. The summed E-state index contributed by atoms with van der Waals surface area (Å²) in [5.41, 5.74) is 0. The molecule has 0 rings (SSSR count). The van der Waals surface area contributed by atoms with E-state index in [-0.39, 0.29) is 46.6 Å². The van der Waals surface area contributed by atoms with Crippen LogP contribution in [-0.2, 0) is 9.53 Å². The number of carbonyl (C=O) groups excluding carboxylic acids is 1. The van der Waals surface area contributed by atoms with Gasteiger partial charge in [-0.1, -0.05) is 90.4 Å². The Hall–Kier alpha value is 0.730. The van der Waals surface area contributed by atoms with Gasteiger partial charge in [0.15, 0.2) is 0 Å². The van der Waals surface area contributed by atoms with Gasteiger partial charge >= 0.3 is 43.7 Å². The molecule has 3 heteroatoms. The maximum atomic E-state index is 10.6. The molecule has 0 aromatic rings. The van der Waals surface area contributed by atoms with Crippen molar-refractivity contribution < 1.29 is 12.4 Å². The van der Waals surface area contributed by atoms with E-state index in [0.717, 1.165) is 6.42 Å². The first kappa shape index (κ1) is 24.0. The van der Waals surface area contributed by atoms with Crippen molar-refractivity contribution in [3.8, 4) is 0 Å². The van der Waals surface area contributed by atoms with Crippen LogP contribution in [0.1, 0.15) is 107 Å². The van der Waals surface area contributed by atoms with E-state index in [9.17, 15) is 4.79 Å². The van der Waals surface area contributed by atoms with Crippen molar-refractivity contribution in [3.63, 3.8) is 0 Å². The van der Waals surface area contributed by atoms with Gasteiger partial charge in [0.1, 0.15) is 0 Å². The van der Waals surface area contributed by atoms with Gasteiger partial charge in [-0.15, -0.1) is 0 Å². The van der Waals surface area contributed by atoms with Gasteiger partial charge in [0.2, 0.25) is 0 Å². The minimum Gasteiger partial charge on any atom is -1.00 e. The van der Waals surface area contributed by atoms with E-state index in [1.165, 1.54) is 90.4 Å². The van der Waals surface area contributed by atoms with E-state index in [1.54, 1.807) is 0 Å². The molecule has 0 aliphatic carbocycles. The summed E-state index contributed by atoms with van der Waals surface area (Å²) in [6.45, 7) is 4.35. The minimum absolute atomic E-state index is 0. The zero-order valence-corrected chi connectivity index (χ0v) is 16.8. The average Bonchev–Trinajstić information content (AvgIpc) is 2.43. The molecule has 0 aromatic carbocycles. The van der Waals surface area contributed by atoms with Gasteiger partial charge in [0, 0.05) is 6.92 Å². The van der Waals surface area contributed by atoms with Gasteiger partial charge in [0.05, 0.1) is 6.61 Å². The fourth-order valence-corrected chi connectivity index (χ4v) is 2.51. The van der Waals surface area contributed by atoms with Crippen LogP contribution in [0.3, 0.4) is 0 Å². The second kappa shape index (κ2) is 20.7. The molecule has 124 valence electrons.